The normalized spacial score (nSPS) is 17.4. The second-order valence-corrected chi connectivity index (χ2v) is 5.89. The summed E-state index contributed by atoms with van der Waals surface area (Å²) in [5.74, 6) is -1.32. The zero-order valence-electron chi connectivity index (χ0n) is 13.0. The van der Waals surface area contributed by atoms with E-state index in [-0.39, 0.29) is 29.6 Å². The van der Waals surface area contributed by atoms with Gasteiger partial charge in [-0.15, -0.1) is 0 Å². The second-order valence-electron chi connectivity index (χ2n) is 5.89. The van der Waals surface area contributed by atoms with Gasteiger partial charge in [-0.3, -0.25) is 19.7 Å². The maximum atomic E-state index is 12.9. The van der Waals surface area contributed by atoms with Gasteiger partial charge in [0.2, 0.25) is 11.8 Å². The summed E-state index contributed by atoms with van der Waals surface area (Å²) in [7, 11) is 0. The van der Waals surface area contributed by atoms with Crippen LogP contribution in [0.5, 0.6) is 0 Å². The predicted molar refractivity (Wildman–Crippen MR) is 91.2 cm³/mol. The summed E-state index contributed by atoms with van der Waals surface area (Å²) >= 11 is 0. The van der Waals surface area contributed by atoms with E-state index in [9.17, 15) is 19.7 Å². The number of amides is 2. The smallest absolute Gasteiger partial charge is 0.271 e. The number of carbonyl (C=O) groups is 2. The second kappa shape index (κ2) is 5.55. The molecule has 0 bridgehead atoms. The zero-order valence-corrected chi connectivity index (χ0v) is 13.0. The fraction of sp³-hybridized carbons (Fsp3) is 0.111. The van der Waals surface area contributed by atoms with Crippen LogP contribution in [0.1, 0.15) is 17.9 Å². The number of benzene rings is 2. The summed E-state index contributed by atoms with van der Waals surface area (Å²) in [4.78, 5) is 39.8. The molecule has 0 saturated carbocycles. The van der Waals surface area contributed by atoms with Gasteiger partial charge in [0, 0.05) is 35.7 Å². The molecule has 4 rings (SSSR count). The van der Waals surface area contributed by atoms with E-state index in [0.29, 0.717) is 0 Å². The van der Waals surface area contributed by atoms with Crippen LogP contribution in [-0.2, 0) is 9.59 Å². The molecule has 1 aromatic heterocycles. The van der Waals surface area contributed by atoms with Crippen molar-refractivity contribution in [2.24, 2.45) is 0 Å². The minimum absolute atomic E-state index is 0.0450. The van der Waals surface area contributed by atoms with Crippen LogP contribution < -0.4 is 4.90 Å². The third kappa shape index (κ3) is 2.37. The van der Waals surface area contributed by atoms with Gasteiger partial charge in [-0.05, 0) is 17.7 Å². The fourth-order valence-electron chi connectivity index (χ4n) is 3.27. The molecule has 124 valence electrons. The van der Waals surface area contributed by atoms with Gasteiger partial charge < -0.3 is 4.98 Å². The molecule has 1 aliphatic heterocycles. The first kappa shape index (κ1) is 15.1. The number of hydrogen-bond acceptors (Lipinski definition) is 4. The lowest BCUT2D eigenvalue weighted by Gasteiger charge is -2.14. The Morgan fingerprint density at radius 3 is 2.72 bits per heavy atom. The number of non-ortho nitro benzene ring substituents is 1. The molecule has 1 fully saturated rings. The molecule has 1 N–H and O–H groups in total. The molecule has 3 aromatic rings. The van der Waals surface area contributed by atoms with Crippen LogP contribution >= 0.6 is 0 Å². The monoisotopic (exact) mass is 335 g/mol. The Hall–Kier alpha value is -3.48. The molecule has 1 saturated heterocycles. The Kier molecular flexibility index (Phi) is 3.35. The summed E-state index contributed by atoms with van der Waals surface area (Å²) in [5.41, 5.74) is 1.73. The lowest BCUT2D eigenvalue weighted by atomic mass is 9.97. The van der Waals surface area contributed by atoms with Gasteiger partial charge in [0.05, 0.1) is 16.5 Å². The maximum absolute atomic E-state index is 12.9. The standard InChI is InChI=1S/C18H13N3O4/c22-17-9-14(15-10-19-16-7-2-1-6-13(15)16)18(23)20(17)11-4-3-5-12(8-11)21(24)25/h1-8,10,14,19H,9H2/t14-/m1/s1. The summed E-state index contributed by atoms with van der Waals surface area (Å²) in [6, 6.07) is 13.1. The van der Waals surface area contributed by atoms with Gasteiger partial charge in [-0.1, -0.05) is 24.3 Å². The number of nitro groups is 1. The number of aromatic amines is 1. The van der Waals surface area contributed by atoms with E-state index in [2.05, 4.69) is 4.98 Å². The molecule has 0 unspecified atom stereocenters. The molecular weight excluding hydrogens is 322 g/mol. The molecule has 1 aliphatic rings. The van der Waals surface area contributed by atoms with Gasteiger partial charge in [0.15, 0.2) is 0 Å². The third-order valence-corrected chi connectivity index (χ3v) is 4.44. The first-order valence-corrected chi connectivity index (χ1v) is 7.73. The van der Waals surface area contributed by atoms with E-state index in [1.165, 1.54) is 24.3 Å². The average Bonchev–Trinajstić information content (AvgIpc) is 3.15. The molecule has 0 spiro atoms. The highest BCUT2D eigenvalue weighted by Gasteiger charge is 2.41. The molecule has 2 amide bonds. The highest BCUT2D eigenvalue weighted by Crippen LogP contribution is 2.37. The van der Waals surface area contributed by atoms with Crippen LogP contribution in [0.4, 0.5) is 11.4 Å². The van der Waals surface area contributed by atoms with Crippen molar-refractivity contribution >= 4 is 34.1 Å². The van der Waals surface area contributed by atoms with E-state index < -0.39 is 10.8 Å². The molecule has 0 radical (unpaired) electrons. The summed E-state index contributed by atoms with van der Waals surface area (Å²) in [5, 5.41) is 11.8. The Morgan fingerprint density at radius 1 is 1.12 bits per heavy atom. The van der Waals surface area contributed by atoms with Gasteiger partial charge in [-0.2, -0.15) is 0 Å². The minimum Gasteiger partial charge on any atom is -0.361 e. The van der Waals surface area contributed by atoms with Gasteiger partial charge in [0.1, 0.15) is 0 Å². The molecule has 25 heavy (non-hydrogen) atoms. The van der Waals surface area contributed by atoms with E-state index in [4.69, 9.17) is 0 Å². The summed E-state index contributed by atoms with van der Waals surface area (Å²) in [6.45, 7) is 0. The molecule has 0 aliphatic carbocycles. The van der Waals surface area contributed by atoms with E-state index in [1.54, 1.807) is 6.20 Å². The lowest BCUT2D eigenvalue weighted by Crippen LogP contribution is -2.30. The van der Waals surface area contributed by atoms with Crippen LogP contribution in [0.25, 0.3) is 10.9 Å². The maximum Gasteiger partial charge on any atom is 0.271 e. The highest BCUT2D eigenvalue weighted by atomic mass is 16.6. The minimum atomic E-state index is -0.595. The Morgan fingerprint density at radius 2 is 1.92 bits per heavy atom. The van der Waals surface area contributed by atoms with Crippen molar-refractivity contribution in [3.63, 3.8) is 0 Å². The van der Waals surface area contributed by atoms with Gasteiger partial charge >= 0.3 is 0 Å². The van der Waals surface area contributed by atoms with E-state index >= 15 is 0 Å². The predicted octanol–water partition coefficient (Wildman–Crippen LogP) is 3.12. The molecule has 2 heterocycles. The Balaban J connectivity index is 1.73. The lowest BCUT2D eigenvalue weighted by molar-refractivity contribution is -0.384. The summed E-state index contributed by atoms with van der Waals surface area (Å²) in [6.07, 6.45) is 1.79. The number of H-pyrrole nitrogens is 1. The van der Waals surface area contributed by atoms with Crippen molar-refractivity contribution in [1.29, 1.82) is 0 Å². The molecular formula is C18H13N3O4. The number of fused-ring (bicyclic) bond motifs is 1. The number of imide groups is 1. The topological polar surface area (TPSA) is 96.3 Å². The van der Waals surface area contributed by atoms with E-state index in [1.807, 2.05) is 24.3 Å². The largest absolute Gasteiger partial charge is 0.361 e. The molecule has 2 aromatic carbocycles. The average molecular weight is 335 g/mol. The molecule has 7 nitrogen and oxygen atoms in total. The first-order chi connectivity index (χ1) is 12.1. The van der Waals surface area contributed by atoms with Crippen molar-refractivity contribution in [3.8, 4) is 0 Å². The number of carbonyl (C=O) groups excluding carboxylic acids is 2. The quantitative estimate of drug-likeness (QED) is 0.452. The van der Waals surface area contributed by atoms with E-state index in [0.717, 1.165) is 21.4 Å². The number of hydrogen-bond donors (Lipinski definition) is 1. The van der Waals surface area contributed by atoms with Crippen molar-refractivity contribution in [1.82, 2.24) is 4.98 Å². The van der Waals surface area contributed by atoms with Crippen LogP contribution in [0.15, 0.2) is 54.7 Å². The molecule has 7 heteroatoms. The number of nitrogens with zero attached hydrogens (tertiary/aromatic N) is 2. The fourth-order valence-corrected chi connectivity index (χ4v) is 3.27. The van der Waals surface area contributed by atoms with Crippen molar-refractivity contribution in [3.05, 3.63) is 70.4 Å². The number of rotatable bonds is 3. The van der Waals surface area contributed by atoms with Crippen LogP contribution in [0.3, 0.4) is 0 Å². The SMILES string of the molecule is O=C1C[C@H](c2c[nH]c3ccccc23)C(=O)N1c1cccc([N+](=O)[O-])c1. The van der Waals surface area contributed by atoms with Crippen LogP contribution in [0.2, 0.25) is 0 Å². The van der Waals surface area contributed by atoms with Gasteiger partial charge in [-0.25, -0.2) is 4.90 Å². The number of nitro benzene ring substituents is 1. The third-order valence-electron chi connectivity index (χ3n) is 4.44. The van der Waals surface area contributed by atoms with Crippen LogP contribution in [0, 0.1) is 10.1 Å². The number of para-hydroxylation sites is 1. The number of anilines is 1. The highest BCUT2D eigenvalue weighted by molar-refractivity contribution is 6.23. The van der Waals surface area contributed by atoms with Crippen LogP contribution in [-0.4, -0.2) is 21.7 Å². The van der Waals surface area contributed by atoms with Crippen molar-refractivity contribution in [2.45, 2.75) is 12.3 Å². The van der Waals surface area contributed by atoms with Gasteiger partial charge in [0.25, 0.3) is 5.69 Å². The number of aromatic nitrogens is 1. The molecule has 1 atom stereocenters. The summed E-state index contributed by atoms with van der Waals surface area (Å²) < 4.78 is 0. The first-order valence-electron chi connectivity index (χ1n) is 7.73. The number of nitrogens with one attached hydrogen (secondary N) is 1. The zero-order chi connectivity index (χ0) is 17.6. The van der Waals surface area contributed by atoms with Crippen molar-refractivity contribution in [2.75, 3.05) is 4.90 Å². The Bertz CT molecular complexity index is 1020. The Labute approximate surface area is 142 Å². The van der Waals surface area contributed by atoms with Crippen molar-refractivity contribution < 1.29 is 14.5 Å².